The van der Waals surface area contributed by atoms with Gasteiger partial charge in [0, 0.05) is 12.8 Å². The number of hydrogen-bond acceptors (Lipinski definition) is 5. The standard InChI is InChI=1S/C23H25N5O6/c24-19(29)11-10-16(22(32)33)26-21(31)17(12-14-6-2-1-3-7-14)27-23(34)28-13-20(30)25-15-8-4-5-9-18(15)28/h1-9,16-17H,10-13H2,(H2,24,29)(H,25,30)(H,26,31)(H,27,34)(H,32,33)/t16-,17-/m0/s1. The number of primary amides is 1. The van der Waals surface area contributed by atoms with Gasteiger partial charge in [0.1, 0.15) is 18.6 Å². The van der Waals surface area contributed by atoms with E-state index in [2.05, 4.69) is 16.0 Å². The minimum Gasteiger partial charge on any atom is -0.480 e. The van der Waals surface area contributed by atoms with E-state index in [0.717, 1.165) is 5.56 Å². The van der Waals surface area contributed by atoms with Crippen LogP contribution in [0.25, 0.3) is 0 Å². The molecule has 11 nitrogen and oxygen atoms in total. The van der Waals surface area contributed by atoms with Crippen molar-refractivity contribution >= 4 is 41.1 Å². The highest BCUT2D eigenvalue weighted by molar-refractivity contribution is 6.10. The van der Waals surface area contributed by atoms with Gasteiger partial charge in [-0.25, -0.2) is 9.59 Å². The first kappa shape index (κ1) is 24.2. The van der Waals surface area contributed by atoms with Crippen molar-refractivity contribution in [1.82, 2.24) is 10.6 Å². The molecular formula is C23H25N5O6. The second kappa shape index (κ2) is 10.9. The first-order chi connectivity index (χ1) is 16.2. The number of benzene rings is 2. The molecule has 2 aromatic rings. The lowest BCUT2D eigenvalue weighted by Gasteiger charge is -2.31. The van der Waals surface area contributed by atoms with E-state index in [0.29, 0.717) is 11.4 Å². The van der Waals surface area contributed by atoms with Crippen LogP contribution in [0.5, 0.6) is 0 Å². The van der Waals surface area contributed by atoms with E-state index < -0.39 is 41.8 Å². The molecule has 0 aromatic heterocycles. The summed E-state index contributed by atoms with van der Waals surface area (Å²) in [7, 11) is 0. The van der Waals surface area contributed by atoms with E-state index in [4.69, 9.17) is 5.73 Å². The lowest BCUT2D eigenvalue weighted by Crippen LogP contribution is -2.56. The summed E-state index contributed by atoms with van der Waals surface area (Å²) in [6.45, 7) is -0.251. The first-order valence-corrected chi connectivity index (χ1v) is 10.6. The number of aliphatic carboxylic acids is 1. The Kier molecular flexibility index (Phi) is 7.80. The van der Waals surface area contributed by atoms with Crippen molar-refractivity contribution in [2.45, 2.75) is 31.3 Å². The lowest BCUT2D eigenvalue weighted by atomic mass is 10.0. The summed E-state index contributed by atoms with van der Waals surface area (Å²) in [4.78, 5) is 62.1. The Balaban J connectivity index is 1.81. The summed E-state index contributed by atoms with van der Waals surface area (Å²) in [6.07, 6.45) is -0.350. The van der Waals surface area contributed by atoms with E-state index in [1.165, 1.54) is 4.90 Å². The normalized spacial score (nSPS) is 14.2. The second-order valence-electron chi connectivity index (χ2n) is 7.75. The number of fused-ring (bicyclic) bond motifs is 1. The monoisotopic (exact) mass is 467 g/mol. The predicted molar refractivity (Wildman–Crippen MR) is 123 cm³/mol. The van der Waals surface area contributed by atoms with E-state index >= 15 is 0 Å². The number of carboxylic acid groups (broad SMARTS) is 1. The first-order valence-electron chi connectivity index (χ1n) is 10.6. The van der Waals surface area contributed by atoms with Crippen LogP contribution in [0.15, 0.2) is 54.6 Å². The van der Waals surface area contributed by atoms with Crippen LogP contribution in [0, 0.1) is 0 Å². The molecule has 1 aliphatic rings. The minimum absolute atomic E-state index is 0.0717. The summed E-state index contributed by atoms with van der Waals surface area (Å²) in [5, 5.41) is 17.1. The van der Waals surface area contributed by atoms with Gasteiger partial charge in [-0.15, -0.1) is 0 Å². The van der Waals surface area contributed by atoms with Crippen LogP contribution in [0.2, 0.25) is 0 Å². The van der Waals surface area contributed by atoms with Gasteiger partial charge in [0.15, 0.2) is 0 Å². The summed E-state index contributed by atoms with van der Waals surface area (Å²) in [6, 6.07) is 12.4. The fourth-order valence-electron chi connectivity index (χ4n) is 3.52. The number of para-hydroxylation sites is 2. The summed E-state index contributed by atoms with van der Waals surface area (Å²) < 4.78 is 0. The Labute approximate surface area is 195 Å². The number of nitrogens with two attached hydrogens (primary N) is 1. The summed E-state index contributed by atoms with van der Waals surface area (Å²) in [5.74, 6) is -3.17. The highest BCUT2D eigenvalue weighted by atomic mass is 16.4. The largest absolute Gasteiger partial charge is 0.480 e. The van der Waals surface area contributed by atoms with Crippen LogP contribution in [0.4, 0.5) is 16.2 Å². The van der Waals surface area contributed by atoms with Gasteiger partial charge < -0.3 is 26.8 Å². The molecule has 34 heavy (non-hydrogen) atoms. The van der Waals surface area contributed by atoms with Crippen LogP contribution in [-0.2, 0) is 25.6 Å². The van der Waals surface area contributed by atoms with Crippen molar-refractivity contribution in [2.75, 3.05) is 16.8 Å². The molecule has 5 amide bonds. The topological polar surface area (TPSA) is 171 Å². The Morgan fingerprint density at radius 2 is 1.68 bits per heavy atom. The van der Waals surface area contributed by atoms with Gasteiger partial charge >= 0.3 is 12.0 Å². The molecule has 6 N–H and O–H groups in total. The average molecular weight is 467 g/mol. The molecule has 0 radical (unpaired) electrons. The molecule has 0 fully saturated rings. The number of rotatable bonds is 9. The molecule has 1 aliphatic heterocycles. The fraction of sp³-hybridized carbons (Fsp3) is 0.261. The van der Waals surface area contributed by atoms with Gasteiger partial charge in [0.05, 0.1) is 11.4 Å². The maximum Gasteiger partial charge on any atom is 0.326 e. The Hall–Kier alpha value is -4.41. The number of urea groups is 1. The van der Waals surface area contributed by atoms with Crippen molar-refractivity contribution < 1.29 is 29.1 Å². The number of carboxylic acids is 1. The molecular weight excluding hydrogens is 442 g/mol. The zero-order valence-corrected chi connectivity index (χ0v) is 18.2. The molecule has 11 heteroatoms. The summed E-state index contributed by atoms with van der Waals surface area (Å²) >= 11 is 0. The third-order valence-corrected chi connectivity index (χ3v) is 5.21. The zero-order chi connectivity index (χ0) is 24.7. The van der Waals surface area contributed by atoms with Crippen molar-refractivity contribution in [1.29, 1.82) is 0 Å². The molecule has 2 aromatic carbocycles. The number of anilines is 2. The van der Waals surface area contributed by atoms with Gasteiger partial charge in [0.25, 0.3) is 0 Å². The van der Waals surface area contributed by atoms with E-state index in [9.17, 15) is 29.1 Å². The Bertz CT molecular complexity index is 1090. The minimum atomic E-state index is -1.36. The quantitative estimate of drug-likeness (QED) is 0.361. The van der Waals surface area contributed by atoms with Gasteiger partial charge in [-0.3, -0.25) is 19.3 Å². The Morgan fingerprint density at radius 1 is 1.00 bits per heavy atom. The van der Waals surface area contributed by atoms with Crippen LogP contribution in [0.3, 0.4) is 0 Å². The highest BCUT2D eigenvalue weighted by Gasteiger charge is 2.31. The van der Waals surface area contributed by atoms with Crippen molar-refractivity contribution in [2.24, 2.45) is 5.73 Å². The van der Waals surface area contributed by atoms with E-state index in [-0.39, 0.29) is 25.8 Å². The third-order valence-electron chi connectivity index (χ3n) is 5.21. The number of carbonyl (C=O) groups excluding carboxylic acids is 4. The number of nitrogens with one attached hydrogen (secondary N) is 3. The molecule has 2 atom stereocenters. The molecule has 3 rings (SSSR count). The highest BCUT2D eigenvalue weighted by Crippen LogP contribution is 2.28. The van der Waals surface area contributed by atoms with Crippen LogP contribution < -0.4 is 26.6 Å². The van der Waals surface area contributed by atoms with Crippen molar-refractivity contribution in [3.63, 3.8) is 0 Å². The maximum atomic E-state index is 13.1. The number of hydrogen-bond donors (Lipinski definition) is 5. The fourth-order valence-corrected chi connectivity index (χ4v) is 3.52. The molecule has 178 valence electrons. The van der Waals surface area contributed by atoms with Crippen molar-refractivity contribution in [3.8, 4) is 0 Å². The molecule has 0 unspecified atom stereocenters. The number of carbonyl (C=O) groups is 5. The molecule has 0 spiro atoms. The van der Waals surface area contributed by atoms with Crippen LogP contribution >= 0.6 is 0 Å². The third kappa shape index (κ3) is 6.31. The Morgan fingerprint density at radius 3 is 2.35 bits per heavy atom. The van der Waals surface area contributed by atoms with E-state index in [1.807, 2.05) is 0 Å². The van der Waals surface area contributed by atoms with Crippen molar-refractivity contribution in [3.05, 3.63) is 60.2 Å². The van der Waals surface area contributed by atoms with Crippen LogP contribution in [-0.4, -0.2) is 53.5 Å². The maximum absolute atomic E-state index is 13.1. The SMILES string of the molecule is NC(=O)CC[C@H](NC(=O)[C@H](Cc1ccccc1)NC(=O)N1CC(=O)Nc2ccccc21)C(=O)O. The van der Waals surface area contributed by atoms with Gasteiger partial charge in [-0.1, -0.05) is 42.5 Å². The average Bonchev–Trinajstić information content (AvgIpc) is 2.80. The molecule has 1 heterocycles. The molecule has 0 aliphatic carbocycles. The second-order valence-corrected chi connectivity index (χ2v) is 7.75. The zero-order valence-electron chi connectivity index (χ0n) is 18.2. The number of amides is 5. The molecule has 0 bridgehead atoms. The van der Waals surface area contributed by atoms with Crippen LogP contribution in [0.1, 0.15) is 18.4 Å². The van der Waals surface area contributed by atoms with Gasteiger partial charge in [-0.2, -0.15) is 0 Å². The predicted octanol–water partition coefficient (Wildman–Crippen LogP) is 0.601. The smallest absolute Gasteiger partial charge is 0.326 e. The van der Waals surface area contributed by atoms with E-state index in [1.54, 1.807) is 54.6 Å². The summed E-state index contributed by atoms with van der Waals surface area (Å²) in [5.41, 5.74) is 6.73. The number of nitrogens with zero attached hydrogens (tertiary/aromatic N) is 1. The van der Waals surface area contributed by atoms with Gasteiger partial charge in [-0.05, 0) is 24.1 Å². The lowest BCUT2D eigenvalue weighted by molar-refractivity contribution is -0.142. The molecule has 0 saturated carbocycles. The van der Waals surface area contributed by atoms with Gasteiger partial charge in [0.2, 0.25) is 17.7 Å². The molecule has 0 saturated heterocycles.